The molecule has 31 heavy (non-hydrogen) atoms. The average molecular weight is 437 g/mol. The third-order valence-corrected chi connectivity index (χ3v) is 7.48. The summed E-state index contributed by atoms with van der Waals surface area (Å²) in [6.45, 7) is 10.0. The number of carboxylic acid groups (broad SMARTS) is 1. The van der Waals surface area contributed by atoms with Crippen LogP contribution in [0.1, 0.15) is 59.3 Å². The number of ether oxygens (including phenoxy) is 1. The molecule has 0 saturated carbocycles. The largest absolute Gasteiger partial charge is 0.481 e. The molecule has 1 spiro atoms. The first-order valence-electron chi connectivity index (χ1n) is 11.5. The van der Waals surface area contributed by atoms with Gasteiger partial charge >= 0.3 is 5.97 Å². The van der Waals surface area contributed by atoms with Crippen LogP contribution >= 0.6 is 0 Å². The van der Waals surface area contributed by atoms with E-state index in [9.17, 15) is 24.6 Å². The van der Waals surface area contributed by atoms with Crippen LogP contribution in [0, 0.1) is 11.8 Å². The van der Waals surface area contributed by atoms with E-state index in [0.717, 1.165) is 19.3 Å². The number of nitrogens with zero attached hydrogens (tertiary/aromatic N) is 2. The highest BCUT2D eigenvalue weighted by atomic mass is 16.5. The summed E-state index contributed by atoms with van der Waals surface area (Å²) in [6.07, 6.45) is 5.89. The van der Waals surface area contributed by atoms with Gasteiger partial charge in [-0.2, -0.15) is 0 Å². The van der Waals surface area contributed by atoms with E-state index in [-0.39, 0.29) is 18.4 Å². The molecule has 0 aromatic carbocycles. The van der Waals surface area contributed by atoms with Gasteiger partial charge in [0, 0.05) is 13.1 Å². The predicted molar refractivity (Wildman–Crippen MR) is 114 cm³/mol. The van der Waals surface area contributed by atoms with Crippen molar-refractivity contribution >= 4 is 17.8 Å². The smallest absolute Gasteiger partial charge is 0.310 e. The second-order valence-electron chi connectivity index (χ2n) is 9.34. The van der Waals surface area contributed by atoms with E-state index in [4.69, 9.17) is 4.74 Å². The van der Waals surface area contributed by atoms with E-state index >= 15 is 0 Å². The fourth-order valence-electron chi connectivity index (χ4n) is 6.00. The molecule has 6 atom stereocenters. The number of hydrogen-bond donors (Lipinski definition) is 2. The van der Waals surface area contributed by atoms with Gasteiger partial charge in [0.2, 0.25) is 11.8 Å². The Morgan fingerprint density at radius 2 is 2.06 bits per heavy atom. The van der Waals surface area contributed by atoms with Crippen LogP contribution in [0.2, 0.25) is 0 Å². The van der Waals surface area contributed by atoms with Crippen molar-refractivity contribution in [3.05, 3.63) is 12.7 Å². The van der Waals surface area contributed by atoms with Gasteiger partial charge in [0.15, 0.2) is 0 Å². The lowest BCUT2D eigenvalue weighted by atomic mass is 9.66. The molecule has 174 valence electrons. The molecule has 3 aliphatic rings. The molecule has 3 aliphatic heterocycles. The van der Waals surface area contributed by atoms with Gasteiger partial charge < -0.3 is 24.7 Å². The molecule has 0 aromatic rings. The van der Waals surface area contributed by atoms with E-state index < -0.39 is 41.1 Å². The average Bonchev–Trinajstić information content (AvgIpc) is 3.29. The number of fused-ring (bicyclic) bond motifs is 1. The fourth-order valence-corrected chi connectivity index (χ4v) is 6.00. The summed E-state index contributed by atoms with van der Waals surface area (Å²) in [7, 11) is 0. The number of rotatable bonds is 11. The number of carboxylic acids is 1. The number of carbonyl (C=O) groups is 3. The summed E-state index contributed by atoms with van der Waals surface area (Å²) in [5.41, 5.74) is -2.14. The summed E-state index contributed by atoms with van der Waals surface area (Å²) in [4.78, 5) is 42.8. The first-order chi connectivity index (χ1) is 14.7. The zero-order chi connectivity index (χ0) is 23.0. The van der Waals surface area contributed by atoms with Crippen LogP contribution in [0.5, 0.6) is 0 Å². The second-order valence-corrected chi connectivity index (χ2v) is 9.34. The Morgan fingerprint density at radius 1 is 1.35 bits per heavy atom. The van der Waals surface area contributed by atoms with Crippen molar-refractivity contribution in [2.75, 3.05) is 19.7 Å². The number of aliphatic carboxylic acids is 1. The van der Waals surface area contributed by atoms with Gasteiger partial charge in [0.05, 0.1) is 30.1 Å². The Morgan fingerprint density at radius 3 is 2.61 bits per heavy atom. The summed E-state index contributed by atoms with van der Waals surface area (Å²) in [6, 6.07) is -1.50. The maximum atomic E-state index is 13.9. The monoisotopic (exact) mass is 436 g/mol. The van der Waals surface area contributed by atoms with Crippen molar-refractivity contribution in [1.29, 1.82) is 0 Å². The first kappa shape index (κ1) is 23.7. The van der Waals surface area contributed by atoms with Crippen molar-refractivity contribution < 1.29 is 29.3 Å². The summed E-state index contributed by atoms with van der Waals surface area (Å²) >= 11 is 0. The Hall–Kier alpha value is -1.93. The minimum atomic E-state index is -1.17. The minimum absolute atomic E-state index is 0.242. The number of aliphatic hydroxyl groups is 1. The van der Waals surface area contributed by atoms with Crippen LogP contribution in [-0.2, 0) is 19.1 Å². The molecular weight excluding hydrogens is 400 g/mol. The highest BCUT2D eigenvalue weighted by molar-refractivity contribution is 5.98. The van der Waals surface area contributed by atoms with E-state index in [1.807, 2.05) is 6.92 Å². The van der Waals surface area contributed by atoms with Crippen LogP contribution in [0.25, 0.3) is 0 Å². The Kier molecular flexibility index (Phi) is 6.81. The molecule has 2 N–H and O–H groups in total. The van der Waals surface area contributed by atoms with Crippen molar-refractivity contribution in [1.82, 2.24) is 9.80 Å². The molecule has 3 saturated heterocycles. The Labute approximate surface area is 184 Å². The van der Waals surface area contributed by atoms with Crippen LogP contribution in [0.3, 0.4) is 0 Å². The molecular formula is C23H36N2O6. The molecule has 8 heteroatoms. The highest BCUT2D eigenvalue weighted by Crippen LogP contribution is 2.63. The number of hydrogen-bond acceptors (Lipinski definition) is 5. The third-order valence-electron chi connectivity index (χ3n) is 7.48. The normalized spacial score (nSPS) is 34.6. The first-order valence-corrected chi connectivity index (χ1v) is 11.5. The van der Waals surface area contributed by atoms with Crippen molar-refractivity contribution in [2.24, 2.45) is 11.8 Å². The number of amides is 2. The zero-order valence-corrected chi connectivity index (χ0v) is 18.9. The van der Waals surface area contributed by atoms with Gasteiger partial charge in [0.1, 0.15) is 11.6 Å². The van der Waals surface area contributed by atoms with Crippen LogP contribution in [0.4, 0.5) is 0 Å². The van der Waals surface area contributed by atoms with Crippen LogP contribution < -0.4 is 0 Å². The Bertz CT molecular complexity index is 738. The maximum absolute atomic E-state index is 13.9. The number of aliphatic hydroxyl groups excluding tert-OH is 1. The topological polar surface area (TPSA) is 107 Å². The molecule has 3 rings (SSSR count). The van der Waals surface area contributed by atoms with Crippen molar-refractivity contribution in [3.63, 3.8) is 0 Å². The lowest BCUT2D eigenvalue weighted by Crippen LogP contribution is -2.58. The predicted octanol–water partition coefficient (Wildman–Crippen LogP) is 1.81. The van der Waals surface area contributed by atoms with Gasteiger partial charge in [0.25, 0.3) is 0 Å². The van der Waals surface area contributed by atoms with Crippen LogP contribution in [-0.4, -0.2) is 80.8 Å². The quantitative estimate of drug-likeness (QED) is 0.378. The lowest BCUT2D eigenvalue weighted by molar-refractivity contribution is -0.158. The second kappa shape index (κ2) is 8.90. The molecule has 0 radical (unpaired) electrons. The zero-order valence-electron chi connectivity index (χ0n) is 18.9. The maximum Gasteiger partial charge on any atom is 0.310 e. The minimum Gasteiger partial charge on any atom is -0.481 e. The van der Waals surface area contributed by atoms with Gasteiger partial charge in [-0.05, 0) is 32.6 Å². The third kappa shape index (κ3) is 3.57. The van der Waals surface area contributed by atoms with Crippen molar-refractivity contribution in [2.45, 2.75) is 82.6 Å². The summed E-state index contributed by atoms with van der Waals surface area (Å²) in [5.74, 6) is -3.62. The number of likely N-dealkylation sites (tertiary alicyclic amines) is 1. The summed E-state index contributed by atoms with van der Waals surface area (Å²) < 4.78 is 6.37. The molecule has 0 aliphatic carbocycles. The fraction of sp³-hybridized carbons (Fsp3) is 0.783. The van der Waals surface area contributed by atoms with Gasteiger partial charge in [-0.15, -0.1) is 6.58 Å². The highest BCUT2D eigenvalue weighted by Gasteiger charge is 2.78. The number of unbranched alkanes of at least 4 members (excludes halogenated alkanes) is 2. The van der Waals surface area contributed by atoms with E-state index in [1.54, 1.807) is 17.9 Å². The van der Waals surface area contributed by atoms with Crippen LogP contribution in [0.15, 0.2) is 12.7 Å². The summed E-state index contributed by atoms with van der Waals surface area (Å²) in [5, 5.41) is 19.9. The lowest BCUT2D eigenvalue weighted by Gasteiger charge is -2.39. The number of carbonyl (C=O) groups excluding carboxylic acids is 2. The molecule has 3 heterocycles. The van der Waals surface area contributed by atoms with Gasteiger partial charge in [-0.25, -0.2) is 0 Å². The standard InChI is InChI=1S/C23H36N2O6/c1-5-8-9-13-24(12-6-2)20(28)18-23-11-10-22(4,31-23)17(21(29)30)16(23)19(27)25(18)15(7-3)14-26/h6,15-18,26H,2,5,7-14H2,1,3-4H3,(H,29,30)/t15-,16-,17-,18?,22+,23?/m0/s1. The molecule has 2 amide bonds. The Balaban J connectivity index is 2.06. The van der Waals surface area contributed by atoms with E-state index in [2.05, 4.69) is 13.5 Å². The SMILES string of the molecule is C=CCN(CCCCC)C(=O)C1N([C@@H](CC)CO)C(=O)[C@@H]2[C@@H](C(=O)O)[C@@]3(C)CCC12O3. The molecule has 3 fully saturated rings. The molecule has 2 unspecified atom stereocenters. The van der Waals surface area contributed by atoms with E-state index in [1.165, 1.54) is 4.90 Å². The van der Waals surface area contributed by atoms with Crippen molar-refractivity contribution in [3.8, 4) is 0 Å². The van der Waals surface area contributed by atoms with Gasteiger partial charge in [-0.3, -0.25) is 14.4 Å². The molecule has 2 bridgehead atoms. The van der Waals surface area contributed by atoms with Gasteiger partial charge in [-0.1, -0.05) is 32.8 Å². The van der Waals surface area contributed by atoms with E-state index in [0.29, 0.717) is 32.4 Å². The molecule has 0 aromatic heterocycles. The molecule has 8 nitrogen and oxygen atoms in total.